The number of Topliss-reactive ketones (excluding diaryl/α,β-unsaturated/α-hetero) is 1. The van der Waals surface area contributed by atoms with Crippen LogP contribution in [0.4, 0.5) is 4.39 Å². The molecule has 3 fully saturated rings. The van der Waals surface area contributed by atoms with Crippen LogP contribution in [-0.2, 0) is 9.59 Å². The minimum absolute atomic E-state index is 0.00951. The Morgan fingerprint density at radius 1 is 1.17 bits per heavy atom. The van der Waals surface area contributed by atoms with Crippen molar-refractivity contribution in [2.24, 2.45) is 5.41 Å². The fourth-order valence-corrected chi connectivity index (χ4v) is 6.22. The van der Waals surface area contributed by atoms with Gasteiger partial charge in [-0.2, -0.15) is 0 Å². The van der Waals surface area contributed by atoms with Crippen molar-refractivity contribution in [1.29, 1.82) is 0 Å². The van der Waals surface area contributed by atoms with Crippen molar-refractivity contribution in [1.82, 2.24) is 10.6 Å². The van der Waals surface area contributed by atoms with Crippen LogP contribution in [0.15, 0.2) is 36.4 Å². The van der Waals surface area contributed by atoms with Crippen molar-refractivity contribution in [3.63, 3.8) is 0 Å². The van der Waals surface area contributed by atoms with Crippen LogP contribution in [-0.4, -0.2) is 48.2 Å². The van der Waals surface area contributed by atoms with Crippen molar-refractivity contribution in [2.45, 2.75) is 49.8 Å². The summed E-state index contributed by atoms with van der Waals surface area (Å²) in [6.45, 7) is 0.168. The summed E-state index contributed by atoms with van der Waals surface area (Å²) in [5.74, 6) is 0.00860. The number of aliphatic hydroxyl groups is 1. The van der Waals surface area contributed by atoms with Crippen LogP contribution < -0.4 is 20.1 Å². The number of ketones is 1. The minimum Gasteiger partial charge on any atom is -0.484 e. The highest BCUT2D eigenvalue weighted by Gasteiger charge is 2.68. The van der Waals surface area contributed by atoms with Gasteiger partial charge in [0.2, 0.25) is 0 Å². The summed E-state index contributed by atoms with van der Waals surface area (Å²) in [6, 6.07) is 9.22. The summed E-state index contributed by atoms with van der Waals surface area (Å²) < 4.78 is 24.9. The number of ether oxygens (including phenoxy) is 2. The number of carbonyl (C=O) groups excluding carboxylic acids is 2. The fourth-order valence-electron chi connectivity index (χ4n) is 5.92. The normalized spacial score (nSPS) is 27.7. The third-order valence-corrected chi connectivity index (χ3v) is 7.82. The van der Waals surface area contributed by atoms with Gasteiger partial charge in [0.05, 0.1) is 11.6 Å². The maximum Gasteiger partial charge on any atom is 0.258 e. The molecule has 10 heteroatoms. The fraction of sp³-hybridized carbons (Fsp3) is 0.462. The highest BCUT2D eigenvalue weighted by molar-refractivity contribution is 6.31. The predicted octanol–water partition coefficient (Wildman–Crippen LogP) is 3.98. The number of fused-ring (bicyclic) bond motifs is 1. The zero-order chi connectivity index (χ0) is 25.5. The molecule has 4 aliphatic rings. The van der Waals surface area contributed by atoms with Crippen molar-refractivity contribution >= 4 is 34.9 Å². The third-order valence-electron chi connectivity index (χ3n) is 7.28. The van der Waals surface area contributed by atoms with E-state index in [-0.39, 0.29) is 52.7 Å². The lowest BCUT2D eigenvalue weighted by atomic mass is 9.38. The quantitative estimate of drug-likeness (QED) is 0.425. The van der Waals surface area contributed by atoms with Gasteiger partial charge >= 0.3 is 0 Å². The number of amides is 1. The second-order valence-electron chi connectivity index (χ2n) is 10.1. The summed E-state index contributed by atoms with van der Waals surface area (Å²) in [7, 11) is 0. The third kappa shape index (κ3) is 5.05. The molecule has 0 aromatic heterocycles. The van der Waals surface area contributed by atoms with E-state index >= 15 is 0 Å². The average molecular weight is 537 g/mol. The number of benzene rings is 2. The van der Waals surface area contributed by atoms with Gasteiger partial charge in [-0.1, -0.05) is 23.2 Å². The molecule has 3 N–H and O–H groups in total. The van der Waals surface area contributed by atoms with E-state index in [9.17, 15) is 19.1 Å². The molecule has 0 saturated heterocycles. The number of halogens is 3. The SMILES string of the molecule is O=C(COc1ccc(Cl)c(F)c1)NC12CC(CC(=O)[C@@H]3C[C@H](NCCO)c4cc(Cl)ccc4O3)(C1)C2. The Kier molecular flexibility index (Phi) is 6.89. The van der Waals surface area contributed by atoms with E-state index in [0.717, 1.165) is 30.9 Å². The molecule has 36 heavy (non-hydrogen) atoms. The summed E-state index contributed by atoms with van der Waals surface area (Å²) in [6.07, 6.45) is 2.48. The number of hydrogen-bond donors (Lipinski definition) is 3. The van der Waals surface area contributed by atoms with Gasteiger partial charge in [0.25, 0.3) is 5.91 Å². The van der Waals surface area contributed by atoms with Crippen molar-refractivity contribution in [3.8, 4) is 11.5 Å². The molecule has 1 aliphatic heterocycles. The first-order valence-electron chi connectivity index (χ1n) is 11.9. The molecule has 7 nitrogen and oxygen atoms in total. The molecule has 3 aliphatic carbocycles. The molecule has 2 bridgehead atoms. The number of aliphatic hydroxyl groups excluding tert-OH is 1. The summed E-state index contributed by atoms with van der Waals surface area (Å²) in [4.78, 5) is 25.6. The van der Waals surface area contributed by atoms with Crippen LogP contribution in [0.5, 0.6) is 11.5 Å². The average Bonchev–Trinajstić information content (AvgIpc) is 2.81. The number of hydrogen-bond acceptors (Lipinski definition) is 6. The molecule has 192 valence electrons. The van der Waals surface area contributed by atoms with Crippen LogP contribution in [0.2, 0.25) is 10.0 Å². The first-order chi connectivity index (χ1) is 17.2. The van der Waals surface area contributed by atoms with Crippen LogP contribution in [0.3, 0.4) is 0 Å². The van der Waals surface area contributed by atoms with Crippen LogP contribution in [0.25, 0.3) is 0 Å². The van der Waals surface area contributed by atoms with E-state index in [2.05, 4.69) is 10.6 Å². The highest BCUT2D eigenvalue weighted by atomic mass is 35.5. The molecule has 2 aromatic carbocycles. The van der Waals surface area contributed by atoms with Gasteiger partial charge in [0.15, 0.2) is 18.5 Å². The predicted molar refractivity (Wildman–Crippen MR) is 132 cm³/mol. The maximum absolute atomic E-state index is 13.5. The Morgan fingerprint density at radius 3 is 2.67 bits per heavy atom. The van der Waals surface area contributed by atoms with Gasteiger partial charge < -0.3 is 25.2 Å². The van der Waals surface area contributed by atoms with E-state index in [0.29, 0.717) is 30.2 Å². The summed E-state index contributed by atoms with van der Waals surface area (Å²) >= 11 is 11.8. The molecule has 3 saturated carbocycles. The lowest BCUT2D eigenvalue weighted by molar-refractivity contribution is -0.175. The lowest BCUT2D eigenvalue weighted by Gasteiger charge is -2.70. The Balaban J connectivity index is 1.12. The van der Waals surface area contributed by atoms with Gasteiger partial charge in [0, 0.05) is 47.6 Å². The van der Waals surface area contributed by atoms with Gasteiger partial charge in [-0.25, -0.2) is 4.39 Å². The molecular formula is C26H27Cl2FN2O5. The number of carbonyl (C=O) groups is 2. The molecule has 1 amide bonds. The van der Waals surface area contributed by atoms with E-state index in [1.165, 1.54) is 12.1 Å². The first kappa shape index (κ1) is 25.3. The summed E-state index contributed by atoms with van der Waals surface area (Å²) in [5, 5.41) is 16.1. The molecule has 2 aromatic rings. The molecule has 0 radical (unpaired) electrons. The Labute approximate surface area is 218 Å². The van der Waals surface area contributed by atoms with Crippen LogP contribution in [0, 0.1) is 11.2 Å². The molecule has 0 unspecified atom stereocenters. The van der Waals surface area contributed by atoms with E-state index < -0.39 is 11.9 Å². The topological polar surface area (TPSA) is 96.9 Å². The number of nitrogens with one attached hydrogen (secondary N) is 2. The molecule has 6 rings (SSSR count). The molecule has 1 heterocycles. The standard InChI is InChI=1S/C26H27Cl2FN2O5/c27-15-1-4-22-17(7-15)20(30-5-6-32)9-23(36-22)21(33)10-25-12-26(13-25,14-25)31-24(34)11-35-16-2-3-18(28)19(29)8-16/h1-4,7-8,20,23,30,32H,5-6,9-14H2,(H,31,34)/t20-,23-,25?,26?/m0/s1. The molecule has 2 atom stereocenters. The number of rotatable bonds is 10. The van der Waals surface area contributed by atoms with Crippen LogP contribution in [0.1, 0.15) is 43.7 Å². The lowest BCUT2D eigenvalue weighted by Crippen LogP contribution is -2.75. The largest absolute Gasteiger partial charge is 0.484 e. The second-order valence-corrected chi connectivity index (χ2v) is 11.0. The smallest absolute Gasteiger partial charge is 0.258 e. The monoisotopic (exact) mass is 536 g/mol. The molecular weight excluding hydrogens is 510 g/mol. The van der Waals surface area contributed by atoms with Crippen molar-refractivity contribution in [3.05, 3.63) is 57.8 Å². The van der Waals surface area contributed by atoms with Crippen molar-refractivity contribution < 1.29 is 28.6 Å². The van der Waals surface area contributed by atoms with E-state index in [1.54, 1.807) is 12.1 Å². The van der Waals surface area contributed by atoms with Gasteiger partial charge in [0.1, 0.15) is 17.3 Å². The van der Waals surface area contributed by atoms with E-state index in [1.807, 2.05) is 6.07 Å². The second kappa shape index (κ2) is 9.82. The van der Waals surface area contributed by atoms with Gasteiger partial charge in [-0.15, -0.1) is 0 Å². The van der Waals surface area contributed by atoms with Gasteiger partial charge in [-0.3, -0.25) is 9.59 Å². The Hall–Kier alpha value is -2.39. The Morgan fingerprint density at radius 2 is 1.94 bits per heavy atom. The zero-order valence-electron chi connectivity index (χ0n) is 19.5. The van der Waals surface area contributed by atoms with Gasteiger partial charge in [-0.05, 0) is 55.0 Å². The Bertz CT molecular complexity index is 1170. The first-order valence-corrected chi connectivity index (χ1v) is 12.7. The summed E-state index contributed by atoms with van der Waals surface area (Å²) in [5.41, 5.74) is 0.478. The maximum atomic E-state index is 13.5. The minimum atomic E-state index is -0.606. The molecule has 0 spiro atoms. The highest BCUT2D eigenvalue weighted by Crippen LogP contribution is 2.69. The zero-order valence-corrected chi connectivity index (χ0v) is 21.0. The van der Waals surface area contributed by atoms with E-state index in [4.69, 9.17) is 32.7 Å². The van der Waals surface area contributed by atoms with Crippen molar-refractivity contribution in [2.75, 3.05) is 19.8 Å². The van der Waals surface area contributed by atoms with Crippen LogP contribution >= 0.6 is 23.2 Å².